The summed E-state index contributed by atoms with van der Waals surface area (Å²) in [6.07, 6.45) is 5.67. The fraction of sp³-hybridized carbons (Fsp3) is 0.560. The molecule has 3 heterocycles. The molecule has 9 nitrogen and oxygen atoms in total. The fourth-order valence-electron chi connectivity index (χ4n) is 5.05. The van der Waals surface area contributed by atoms with Crippen LogP contribution in [0, 0.1) is 5.41 Å². The van der Waals surface area contributed by atoms with Crippen LogP contribution in [-0.2, 0) is 22.6 Å². The molecule has 2 aliphatic rings. The third-order valence-corrected chi connectivity index (χ3v) is 7.16. The number of aromatic nitrogens is 2. The standard InChI is InChI=1S/C25H34N4O5/c1-27-17-25(7-11-29(12-8-25)23(32)6-10-28-13-9-26-18-28)15-21(31)20(30)14-19-4-2-3-5-22(19)34-16-24(27)33/h2-5,9,13,18,20-21,30-31H,6-8,10-12,14-17H2,1H3/t20-,21+/m0/s1. The van der Waals surface area contributed by atoms with Crippen LogP contribution in [0.1, 0.15) is 31.2 Å². The van der Waals surface area contributed by atoms with Gasteiger partial charge < -0.3 is 29.3 Å². The van der Waals surface area contributed by atoms with Gasteiger partial charge in [0.15, 0.2) is 6.61 Å². The molecule has 0 radical (unpaired) electrons. The first-order valence-corrected chi connectivity index (χ1v) is 11.9. The number of benzene rings is 1. The smallest absolute Gasteiger partial charge is 0.260 e. The van der Waals surface area contributed by atoms with Gasteiger partial charge in [-0.25, -0.2) is 4.98 Å². The van der Waals surface area contributed by atoms with Crippen molar-refractivity contribution in [2.75, 3.05) is 33.3 Å². The van der Waals surface area contributed by atoms with Crippen LogP contribution in [-0.4, -0.2) is 86.9 Å². The lowest BCUT2D eigenvalue weighted by Gasteiger charge is -2.45. The molecule has 0 unspecified atom stereocenters. The lowest BCUT2D eigenvalue weighted by molar-refractivity contribution is -0.139. The fourth-order valence-corrected chi connectivity index (χ4v) is 5.05. The molecule has 34 heavy (non-hydrogen) atoms. The summed E-state index contributed by atoms with van der Waals surface area (Å²) in [5.41, 5.74) is 0.377. The summed E-state index contributed by atoms with van der Waals surface area (Å²) >= 11 is 0. The number of likely N-dealkylation sites (tertiary alicyclic amines) is 1. The summed E-state index contributed by atoms with van der Waals surface area (Å²) < 4.78 is 7.65. The Bertz CT molecular complexity index is 971. The first kappa shape index (κ1) is 24.2. The molecule has 2 N–H and O–H groups in total. The molecular weight excluding hydrogens is 436 g/mol. The highest BCUT2D eigenvalue weighted by Gasteiger charge is 2.40. The number of carbonyl (C=O) groups is 2. The SMILES string of the molecule is CN1CC2(CCN(C(=O)CCn3ccnc3)CC2)C[C@@H](O)[C@@H](O)Cc2ccccc2OCC1=O. The highest BCUT2D eigenvalue weighted by Crippen LogP contribution is 2.38. The number of carbonyl (C=O) groups excluding carboxylic acids is 2. The van der Waals surface area contributed by atoms with E-state index in [9.17, 15) is 19.8 Å². The minimum atomic E-state index is -0.947. The van der Waals surface area contributed by atoms with Gasteiger partial charge >= 0.3 is 0 Å². The molecule has 0 bridgehead atoms. The molecule has 1 aromatic carbocycles. The number of imidazole rings is 1. The molecule has 1 spiro atoms. The topological polar surface area (TPSA) is 108 Å². The van der Waals surface area contributed by atoms with E-state index in [1.54, 1.807) is 30.5 Å². The van der Waals surface area contributed by atoms with Gasteiger partial charge in [-0.1, -0.05) is 18.2 Å². The van der Waals surface area contributed by atoms with Gasteiger partial charge in [0, 0.05) is 58.5 Å². The van der Waals surface area contributed by atoms with Crippen molar-refractivity contribution in [3.05, 3.63) is 48.5 Å². The van der Waals surface area contributed by atoms with E-state index in [1.807, 2.05) is 33.9 Å². The van der Waals surface area contributed by atoms with E-state index in [0.717, 1.165) is 5.56 Å². The Morgan fingerprint density at radius 2 is 1.97 bits per heavy atom. The molecular formula is C25H34N4O5. The van der Waals surface area contributed by atoms with E-state index in [4.69, 9.17) is 4.74 Å². The number of hydrogen-bond donors (Lipinski definition) is 2. The van der Waals surface area contributed by atoms with Crippen molar-refractivity contribution in [3.63, 3.8) is 0 Å². The van der Waals surface area contributed by atoms with Crippen LogP contribution in [0.25, 0.3) is 0 Å². The number of fused-ring (bicyclic) bond motifs is 1. The Labute approximate surface area is 199 Å². The zero-order chi connectivity index (χ0) is 24.1. The second-order valence-corrected chi connectivity index (χ2v) is 9.62. The van der Waals surface area contributed by atoms with Crippen molar-refractivity contribution in [1.29, 1.82) is 0 Å². The molecule has 2 atom stereocenters. The minimum absolute atomic E-state index is 0.0822. The van der Waals surface area contributed by atoms with Crippen LogP contribution < -0.4 is 4.74 Å². The number of aliphatic hydroxyl groups excluding tert-OH is 2. The Hall–Kier alpha value is -2.91. The van der Waals surface area contributed by atoms with Gasteiger partial charge in [0.25, 0.3) is 5.91 Å². The van der Waals surface area contributed by atoms with Gasteiger partial charge in [0.1, 0.15) is 5.75 Å². The maximum absolute atomic E-state index is 12.8. The predicted molar refractivity (Wildman–Crippen MR) is 125 cm³/mol. The summed E-state index contributed by atoms with van der Waals surface area (Å²) in [6.45, 7) is 2.07. The molecule has 184 valence electrons. The summed E-state index contributed by atoms with van der Waals surface area (Å²) in [7, 11) is 1.75. The largest absolute Gasteiger partial charge is 0.483 e. The highest BCUT2D eigenvalue weighted by molar-refractivity contribution is 5.77. The first-order valence-electron chi connectivity index (χ1n) is 11.9. The third-order valence-electron chi connectivity index (χ3n) is 7.16. The average Bonchev–Trinajstić information content (AvgIpc) is 3.35. The molecule has 1 fully saturated rings. The van der Waals surface area contributed by atoms with Crippen LogP contribution in [0.3, 0.4) is 0 Å². The van der Waals surface area contributed by atoms with Gasteiger partial charge in [0.2, 0.25) is 5.91 Å². The van der Waals surface area contributed by atoms with E-state index in [-0.39, 0.29) is 30.3 Å². The quantitative estimate of drug-likeness (QED) is 0.695. The predicted octanol–water partition coefficient (Wildman–Crippen LogP) is 1.09. The van der Waals surface area contributed by atoms with Crippen LogP contribution >= 0.6 is 0 Å². The van der Waals surface area contributed by atoms with Gasteiger partial charge in [-0.05, 0) is 36.3 Å². The van der Waals surface area contributed by atoms with Crippen LogP contribution in [0.4, 0.5) is 0 Å². The number of likely N-dealkylation sites (N-methyl/N-ethyl adjacent to an activating group) is 1. The summed E-state index contributed by atoms with van der Waals surface area (Å²) in [5.74, 6) is 0.503. The van der Waals surface area contributed by atoms with Crippen molar-refractivity contribution in [2.45, 2.75) is 50.9 Å². The number of piperidine rings is 1. The maximum Gasteiger partial charge on any atom is 0.260 e. The second-order valence-electron chi connectivity index (χ2n) is 9.62. The molecule has 4 rings (SSSR count). The number of hydrogen-bond acceptors (Lipinski definition) is 6. The summed E-state index contributed by atoms with van der Waals surface area (Å²) in [5, 5.41) is 21.7. The van der Waals surface area contributed by atoms with Gasteiger partial charge in [0.05, 0.1) is 18.5 Å². The first-order chi connectivity index (χ1) is 16.3. The number of rotatable bonds is 3. The van der Waals surface area contributed by atoms with Crippen molar-refractivity contribution in [3.8, 4) is 5.75 Å². The Morgan fingerprint density at radius 3 is 2.71 bits per heavy atom. The van der Waals surface area contributed by atoms with Crippen molar-refractivity contribution < 1.29 is 24.5 Å². The number of nitrogens with zero attached hydrogens (tertiary/aromatic N) is 4. The van der Waals surface area contributed by atoms with E-state index in [0.29, 0.717) is 57.6 Å². The average molecular weight is 471 g/mol. The van der Waals surface area contributed by atoms with Gasteiger partial charge in [-0.2, -0.15) is 0 Å². The van der Waals surface area contributed by atoms with Crippen molar-refractivity contribution in [2.24, 2.45) is 5.41 Å². The molecule has 0 aliphatic carbocycles. The molecule has 9 heteroatoms. The molecule has 1 aromatic heterocycles. The van der Waals surface area contributed by atoms with Gasteiger partial charge in [-0.15, -0.1) is 0 Å². The van der Waals surface area contributed by atoms with E-state index < -0.39 is 12.2 Å². The summed E-state index contributed by atoms with van der Waals surface area (Å²) in [6, 6.07) is 7.28. The zero-order valence-corrected chi connectivity index (χ0v) is 19.7. The molecule has 0 saturated carbocycles. The molecule has 2 aliphatic heterocycles. The number of aliphatic hydroxyl groups is 2. The van der Waals surface area contributed by atoms with Crippen molar-refractivity contribution in [1.82, 2.24) is 19.4 Å². The molecule has 2 aromatic rings. The Morgan fingerprint density at radius 1 is 1.21 bits per heavy atom. The Kier molecular flexibility index (Phi) is 7.53. The van der Waals surface area contributed by atoms with Crippen LogP contribution in [0.15, 0.2) is 43.0 Å². The molecule has 2 amide bonds. The van der Waals surface area contributed by atoms with Crippen LogP contribution in [0.5, 0.6) is 5.75 Å². The van der Waals surface area contributed by atoms with E-state index in [2.05, 4.69) is 4.98 Å². The zero-order valence-electron chi connectivity index (χ0n) is 19.7. The number of aryl methyl sites for hydroxylation is 1. The lowest BCUT2D eigenvalue weighted by Crippen LogP contribution is -2.51. The normalized spacial score (nSPS) is 23.6. The summed E-state index contributed by atoms with van der Waals surface area (Å²) in [4.78, 5) is 33.1. The number of ether oxygens (including phenoxy) is 1. The van der Waals surface area contributed by atoms with Crippen LogP contribution in [0.2, 0.25) is 0 Å². The number of amides is 2. The second kappa shape index (κ2) is 10.6. The number of para-hydroxylation sites is 1. The highest BCUT2D eigenvalue weighted by atomic mass is 16.5. The monoisotopic (exact) mass is 470 g/mol. The minimum Gasteiger partial charge on any atom is -0.483 e. The maximum atomic E-state index is 12.8. The Balaban J connectivity index is 1.44. The lowest BCUT2D eigenvalue weighted by atomic mass is 9.72. The van der Waals surface area contributed by atoms with Gasteiger partial charge in [-0.3, -0.25) is 9.59 Å². The molecule has 1 saturated heterocycles. The van der Waals surface area contributed by atoms with Crippen molar-refractivity contribution >= 4 is 11.8 Å². The third kappa shape index (κ3) is 5.77. The van der Waals surface area contributed by atoms with E-state index in [1.165, 1.54) is 0 Å². The van der Waals surface area contributed by atoms with E-state index >= 15 is 0 Å².